The number of nitrogens with one attached hydrogen (secondary N) is 1. The Balaban J connectivity index is 1.97. The maximum absolute atomic E-state index is 12.3. The standard InChI is InChI=1S/C20H25NO2/c1-4-15-6-8-16(9-7-15)14-20(22)21-19(5-2)17-10-12-18(23-3)13-11-17/h6-13,19H,4-5,14H2,1-3H3,(H,21,22)/t19-/m0/s1. The fraction of sp³-hybridized carbons (Fsp3) is 0.350. The van der Waals surface area contributed by atoms with Crippen LogP contribution >= 0.6 is 0 Å². The van der Waals surface area contributed by atoms with Crippen LogP contribution in [0.5, 0.6) is 5.75 Å². The van der Waals surface area contributed by atoms with Gasteiger partial charge in [-0.1, -0.05) is 50.2 Å². The van der Waals surface area contributed by atoms with Gasteiger partial charge in [0.25, 0.3) is 0 Å². The number of carbonyl (C=O) groups is 1. The third-order valence-corrected chi connectivity index (χ3v) is 4.06. The Morgan fingerprint density at radius 3 is 2.13 bits per heavy atom. The van der Waals surface area contributed by atoms with Crippen LogP contribution in [0.25, 0.3) is 0 Å². The number of hydrogen-bond acceptors (Lipinski definition) is 2. The molecule has 0 aliphatic rings. The predicted molar refractivity (Wildman–Crippen MR) is 93.7 cm³/mol. The highest BCUT2D eigenvalue weighted by molar-refractivity contribution is 5.79. The van der Waals surface area contributed by atoms with Crippen molar-refractivity contribution in [3.05, 3.63) is 65.2 Å². The monoisotopic (exact) mass is 311 g/mol. The molecule has 0 bridgehead atoms. The Kier molecular flexibility index (Phi) is 6.21. The number of rotatable bonds is 7. The van der Waals surface area contributed by atoms with Crippen LogP contribution < -0.4 is 10.1 Å². The van der Waals surface area contributed by atoms with Crippen LogP contribution in [-0.2, 0) is 17.6 Å². The topological polar surface area (TPSA) is 38.3 Å². The molecule has 1 N–H and O–H groups in total. The van der Waals surface area contributed by atoms with Gasteiger partial charge in [-0.25, -0.2) is 0 Å². The molecule has 122 valence electrons. The van der Waals surface area contributed by atoms with Crippen molar-refractivity contribution < 1.29 is 9.53 Å². The van der Waals surface area contributed by atoms with Gasteiger partial charge in [0.15, 0.2) is 0 Å². The molecule has 3 nitrogen and oxygen atoms in total. The number of methoxy groups -OCH3 is 1. The Bertz CT molecular complexity index is 617. The zero-order chi connectivity index (χ0) is 16.7. The largest absolute Gasteiger partial charge is 0.497 e. The van der Waals surface area contributed by atoms with Gasteiger partial charge in [-0.3, -0.25) is 4.79 Å². The summed E-state index contributed by atoms with van der Waals surface area (Å²) in [5.74, 6) is 0.878. The first-order chi connectivity index (χ1) is 11.2. The van der Waals surface area contributed by atoms with E-state index < -0.39 is 0 Å². The molecule has 2 aromatic rings. The van der Waals surface area contributed by atoms with Gasteiger partial charge >= 0.3 is 0 Å². The van der Waals surface area contributed by atoms with Gasteiger partial charge in [-0.15, -0.1) is 0 Å². The Labute approximate surface area is 138 Å². The van der Waals surface area contributed by atoms with Gasteiger partial charge in [0.05, 0.1) is 19.6 Å². The van der Waals surface area contributed by atoms with E-state index in [9.17, 15) is 4.79 Å². The lowest BCUT2D eigenvalue weighted by molar-refractivity contribution is -0.121. The van der Waals surface area contributed by atoms with Crippen molar-refractivity contribution >= 4 is 5.91 Å². The van der Waals surface area contributed by atoms with Gasteiger partial charge in [0.1, 0.15) is 5.75 Å². The minimum atomic E-state index is 0.0309. The van der Waals surface area contributed by atoms with Crippen LogP contribution in [0.1, 0.15) is 43.0 Å². The van der Waals surface area contributed by atoms with Gasteiger partial charge in [0.2, 0.25) is 5.91 Å². The van der Waals surface area contributed by atoms with E-state index in [2.05, 4.69) is 31.3 Å². The first kappa shape index (κ1) is 17.1. The molecule has 1 atom stereocenters. The van der Waals surface area contributed by atoms with E-state index in [-0.39, 0.29) is 11.9 Å². The lowest BCUT2D eigenvalue weighted by Gasteiger charge is -2.18. The maximum Gasteiger partial charge on any atom is 0.224 e. The quantitative estimate of drug-likeness (QED) is 0.837. The third-order valence-electron chi connectivity index (χ3n) is 4.06. The van der Waals surface area contributed by atoms with Gasteiger partial charge in [-0.2, -0.15) is 0 Å². The zero-order valence-electron chi connectivity index (χ0n) is 14.1. The molecule has 0 fully saturated rings. The molecule has 0 unspecified atom stereocenters. The Morgan fingerprint density at radius 2 is 1.61 bits per heavy atom. The fourth-order valence-electron chi connectivity index (χ4n) is 2.58. The van der Waals surface area contributed by atoms with E-state index in [4.69, 9.17) is 4.74 Å². The first-order valence-corrected chi connectivity index (χ1v) is 8.17. The summed E-state index contributed by atoms with van der Waals surface area (Å²) >= 11 is 0. The fourth-order valence-corrected chi connectivity index (χ4v) is 2.58. The Morgan fingerprint density at radius 1 is 1.00 bits per heavy atom. The summed E-state index contributed by atoms with van der Waals surface area (Å²) in [6, 6.07) is 16.1. The summed E-state index contributed by atoms with van der Waals surface area (Å²) in [5.41, 5.74) is 3.44. The average molecular weight is 311 g/mol. The van der Waals surface area contributed by atoms with Gasteiger partial charge < -0.3 is 10.1 Å². The number of carbonyl (C=O) groups excluding carboxylic acids is 1. The molecule has 2 aromatic carbocycles. The summed E-state index contributed by atoms with van der Waals surface area (Å²) in [5, 5.41) is 3.12. The second kappa shape index (κ2) is 8.37. The van der Waals surface area contributed by atoms with Crippen LogP contribution in [0.4, 0.5) is 0 Å². The second-order valence-electron chi connectivity index (χ2n) is 5.65. The van der Waals surface area contributed by atoms with Crippen molar-refractivity contribution in [2.75, 3.05) is 7.11 Å². The minimum Gasteiger partial charge on any atom is -0.497 e. The molecule has 0 aliphatic heterocycles. The average Bonchev–Trinajstić information content (AvgIpc) is 2.60. The summed E-state index contributed by atoms with van der Waals surface area (Å²) in [6.07, 6.45) is 2.28. The summed E-state index contributed by atoms with van der Waals surface area (Å²) in [4.78, 5) is 12.3. The molecule has 0 saturated carbocycles. The maximum atomic E-state index is 12.3. The molecule has 2 rings (SSSR count). The van der Waals surface area contributed by atoms with Crippen LogP contribution in [-0.4, -0.2) is 13.0 Å². The van der Waals surface area contributed by atoms with E-state index >= 15 is 0 Å². The molecule has 0 aliphatic carbocycles. The lowest BCUT2D eigenvalue weighted by atomic mass is 10.0. The molecular weight excluding hydrogens is 286 g/mol. The molecule has 0 aromatic heterocycles. The van der Waals surface area contributed by atoms with Crippen LogP contribution in [0, 0.1) is 0 Å². The molecule has 0 heterocycles. The normalized spacial score (nSPS) is 11.8. The predicted octanol–water partition coefficient (Wildman–Crippen LogP) is 4.07. The number of ether oxygens (including phenoxy) is 1. The molecule has 1 amide bonds. The summed E-state index contributed by atoms with van der Waals surface area (Å²) in [7, 11) is 1.65. The third kappa shape index (κ3) is 4.85. The minimum absolute atomic E-state index is 0.0309. The Hall–Kier alpha value is -2.29. The molecule has 3 heteroatoms. The van der Waals surface area contributed by atoms with Crippen molar-refractivity contribution in [1.82, 2.24) is 5.32 Å². The number of hydrogen-bond donors (Lipinski definition) is 1. The molecule has 0 saturated heterocycles. The highest BCUT2D eigenvalue weighted by Crippen LogP contribution is 2.20. The zero-order valence-corrected chi connectivity index (χ0v) is 14.1. The van der Waals surface area contributed by atoms with E-state index in [0.717, 1.165) is 29.7 Å². The van der Waals surface area contributed by atoms with Crippen molar-refractivity contribution in [3.8, 4) is 5.75 Å². The highest BCUT2D eigenvalue weighted by Gasteiger charge is 2.13. The van der Waals surface area contributed by atoms with E-state index in [1.165, 1.54) is 5.56 Å². The van der Waals surface area contributed by atoms with Crippen molar-refractivity contribution in [3.63, 3.8) is 0 Å². The van der Waals surface area contributed by atoms with E-state index in [1.54, 1.807) is 7.11 Å². The number of aryl methyl sites for hydroxylation is 1. The smallest absolute Gasteiger partial charge is 0.224 e. The van der Waals surface area contributed by atoms with E-state index in [0.29, 0.717) is 6.42 Å². The van der Waals surface area contributed by atoms with Gasteiger partial charge in [0, 0.05) is 0 Å². The van der Waals surface area contributed by atoms with Crippen molar-refractivity contribution in [2.45, 2.75) is 39.2 Å². The number of benzene rings is 2. The summed E-state index contributed by atoms with van der Waals surface area (Å²) < 4.78 is 5.17. The van der Waals surface area contributed by atoms with Crippen LogP contribution in [0.2, 0.25) is 0 Å². The van der Waals surface area contributed by atoms with Crippen LogP contribution in [0.3, 0.4) is 0 Å². The number of amides is 1. The van der Waals surface area contributed by atoms with Crippen molar-refractivity contribution in [2.24, 2.45) is 0 Å². The highest BCUT2D eigenvalue weighted by atomic mass is 16.5. The van der Waals surface area contributed by atoms with Crippen molar-refractivity contribution in [1.29, 1.82) is 0 Å². The summed E-state index contributed by atoms with van der Waals surface area (Å²) in [6.45, 7) is 4.20. The van der Waals surface area contributed by atoms with E-state index in [1.807, 2.05) is 36.4 Å². The lowest BCUT2D eigenvalue weighted by Crippen LogP contribution is -2.29. The molecule has 23 heavy (non-hydrogen) atoms. The SMILES string of the molecule is CCc1ccc(CC(=O)N[C@@H](CC)c2ccc(OC)cc2)cc1. The van der Waals surface area contributed by atoms with Crippen LogP contribution in [0.15, 0.2) is 48.5 Å². The first-order valence-electron chi connectivity index (χ1n) is 8.17. The molecule has 0 spiro atoms. The molecular formula is C20H25NO2. The molecule has 0 radical (unpaired) electrons. The van der Waals surface area contributed by atoms with Gasteiger partial charge in [-0.05, 0) is 41.7 Å². The second-order valence-corrected chi connectivity index (χ2v) is 5.65.